The smallest absolute Gasteiger partial charge is 0.269 e. The Morgan fingerprint density at radius 3 is 2.95 bits per heavy atom. The van der Waals surface area contributed by atoms with E-state index < -0.39 is 4.92 Å². The predicted molar refractivity (Wildman–Crippen MR) is 75.6 cm³/mol. The Morgan fingerprint density at radius 2 is 2.37 bits per heavy atom. The number of aryl methyl sites for hydroxylation is 1. The largest absolute Gasteiger partial charge is 0.324 e. The van der Waals surface area contributed by atoms with Crippen molar-refractivity contribution < 1.29 is 9.72 Å². The van der Waals surface area contributed by atoms with Gasteiger partial charge in [0.1, 0.15) is 0 Å². The monoisotopic (exact) mass is 281 g/mol. The fourth-order valence-corrected chi connectivity index (χ4v) is 2.79. The van der Waals surface area contributed by atoms with Gasteiger partial charge in [-0.3, -0.25) is 14.9 Å². The number of hydrogen-bond acceptors (Lipinski definition) is 5. The fraction of sp³-hybridized carbons (Fsp3) is 0.417. The number of carbonyl (C=O) groups excluding carboxylic acids is 1. The number of benzene rings is 1. The molecule has 1 amide bonds. The van der Waals surface area contributed by atoms with E-state index in [1.54, 1.807) is 24.8 Å². The fourth-order valence-electron chi connectivity index (χ4n) is 1.86. The molecule has 1 fully saturated rings. The summed E-state index contributed by atoms with van der Waals surface area (Å²) in [6.07, 6.45) is 0. The van der Waals surface area contributed by atoms with Crippen LogP contribution >= 0.6 is 11.8 Å². The first-order valence-electron chi connectivity index (χ1n) is 5.95. The molecule has 0 spiro atoms. The summed E-state index contributed by atoms with van der Waals surface area (Å²) >= 11 is 1.74. The van der Waals surface area contributed by atoms with Crippen molar-refractivity contribution in [2.45, 2.75) is 13.0 Å². The van der Waals surface area contributed by atoms with Crippen LogP contribution in [0.5, 0.6) is 0 Å². The van der Waals surface area contributed by atoms with Gasteiger partial charge in [-0.05, 0) is 18.6 Å². The number of anilines is 1. The van der Waals surface area contributed by atoms with Gasteiger partial charge in [0.25, 0.3) is 5.69 Å². The Balaban J connectivity index is 2.06. The number of carbonyl (C=O) groups is 1. The molecule has 1 aromatic carbocycles. The average Bonchev–Trinajstić information content (AvgIpc) is 2.41. The lowest BCUT2D eigenvalue weighted by Gasteiger charge is -2.22. The van der Waals surface area contributed by atoms with Gasteiger partial charge in [0, 0.05) is 35.9 Å². The Hall–Kier alpha value is -1.60. The number of hydrogen-bond donors (Lipinski definition) is 2. The summed E-state index contributed by atoms with van der Waals surface area (Å²) in [7, 11) is 0. The number of nitrogens with one attached hydrogen (secondary N) is 2. The average molecular weight is 281 g/mol. The third-order valence-electron chi connectivity index (χ3n) is 2.92. The molecule has 102 valence electrons. The molecule has 19 heavy (non-hydrogen) atoms. The third-order valence-corrected chi connectivity index (χ3v) is 3.98. The lowest BCUT2D eigenvalue weighted by molar-refractivity contribution is -0.384. The number of rotatable bonds is 3. The molecular formula is C12H15N3O3S. The maximum atomic E-state index is 12.0. The Morgan fingerprint density at radius 1 is 1.58 bits per heavy atom. The van der Waals surface area contributed by atoms with Crippen molar-refractivity contribution in [1.29, 1.82) is 0 Å². The number of non-ortho nitro benzene ring substituents is 1. The SMILES string of the molecule is Cc1cc([N+](=O)[O-])ccc1NC(=O)C1CSCCN1. The van der Waals surface area contributed by atoms with Crippen molar-refractivity contribution >= 4 is 29.0 Å². The van der Waals surface area contributed by atoms with E-state index in [9.17, 15) is 14.9 Å². The molecule has 1 aliphatic rings. The van der Waals surface area contributed by atoms with Crippen molar-refractivity contribution in [2.24, 2.45) is 0 Å². The summed E-state index contributed by atoms with van der Waals surface area (Å²) in [5, 5.41) is 16.6. The first-order valence-corrected chi connectivity index (χ1v) is 7.10. The van der Waals surface area contributed by atoms with Gasteiger partial charge in [-0.2, -0.15) is 11.8 Å². The Bertz CT molecular complexity index is 501. The standard InChI is InChI=1S/C12H15N3O3S/c1-8-6-9(15(17)18)2-3-10(8)14-12(16)11-7-19-5-4-13-11/h2-3,6,11,13H,4-5,7H2,1H3,(H,14,16). The topological polar surface area (TPSA) is 84.3 Å². The van der Waals surface area contributed by atoms with Gasteiger partial charge in [-0.1, -0.05) is 0 Å². The van der Waals surface area contributed by atoms with E-state index in [1.165, 1.54) is 12.1 Å². The van der Waals surface area contributed by atoms with Crippen LogP contribution in [-0.4, -0.2) is 34.9 Å². The normalized spacial score (nSPS) is 18.9. The summed E-state index contributed by atoms with van der Waals surface area (Å²) < 4.78 is 0. The summed E-state index contributed by atoms with van der Waals surface area (Å²) in [5.74, 6) is 1.67. The third kappa shape index (κ3) is 3.45. The minimum atomic E-state index is -0.446. The Kier molecular flexibility index (Phi) is 4.39. The van der Waals surface area contributed by atoms with Crippen molar-refractivity contribution in [2.75, 3.05) is 23.4 Å². The van der Waals surface area contributed by atoms with Crippen LogP contribution in [0.3, 0.4) is 0 Å². The first-order chi connectivity index (χ1) is 9.08. The zero-order valence-electron chi connectivity index (χ0n) is 10.5. The second-order valence-electron chi connectivity index (χ2n) is 4.33. The van der Waals surface area contributed by atoms with Gasteiger partial charge >= 0.3 is 0 Å². The molecule has 1 unspecified atom stereocenters. The summed E-state index contributed by atoms with van der Waals surface area (Å²) in [6, 6.07) is 4.22. The molecule has 2 rings (SSSR count). The molecular weight excluding hydrogens is 266 g/mol. The van der Waals surface area contributed by atoms with E-state index in [1.807, 2.05) is 0 Å². The van der Waals surface area contributed by atoms with Crippen LogP contribution in [-0.2, 0) is 4.79 Å². The molecule has 1 atom stereocenters. The number of nitro benzene ring substituents is 1. The van der Waals surface area contributed by atoms with Crippen molar-refractivity contribution in [1.82, 2.24) is 5.32 Å². The van der Waals surface area contributed by atoms with Crippen molar-refractivity contribution in [3.8, 4) is 0 Å². The van der Waals surface area contributed by atoms with Crippen molar-refractivity contribution in [3.05, 3.63) is 33.9 Å². The van der Waals surface area contributed by atoms with Gasteiger partial charge < -0.3 is 10.6 Å². The molecule has 1 saturated heterocycles. The highest BCUT2D eigenvalue weighted by Crippen LogP contribution is 2.21. The van der Waals surface area contributed by atoms with E-state index in [2.05, 4.69) is 10.6 Å². The van der Waals surface area contributed by atoms with E-state index in [0.29, 0.717) is 11.3 Å². The van der Waals surface area contributed by atoms with Gasteiger partial charge in [0.15, 0.2) is 0 Å². The molecule has 0 saturated carbocycles. The quantitative estimate of drug-likeness (QED) is 0.648. The van der Waals surface area contributed by atoms with Crippen LogP contribution in [0.1, 0.15) is 5.56 Å². The molecule has 1 aromatic rings. The van der Waals surface area contributed by atoms with Crippen molar-refractivity contribution in [3.63, 3.8) is 0 Å². The number of thioether (sulfide) groups is 1. The van der Waals surface area contributed by atoms with Crippen LogP contribution in [0, 0.1) is 17.0 Å². The minimum Gasteiger partial charge on any atom is -0.324 e. The van der Waals surface area contributed by atoms with Crippen LogP contribution in [0.25, 0.3) is 0 Å². The lowest BCUT2D eigenvalue weighted by atomic mass is 10.1. The van der Waals surface area contributed by atoms with Crippen LogP contribution in [0.15, 0.2) is 18.2 Å². The number of nitro groups is 1. The molecule has 7 heteroatoms. The summed E-state index contributed by atoms with van der Waals surface area (Å²) in [4.78, 5) is 22.2. The minimum absolute atomic E-state index is 0.0295. The summed E-state index contributed by atoms with van der Waals surface area (Å²) in [6.45, 7) is 2.56. The molecule has 2 N–H and O–H groups in total. The zero-order valence-corrected chi connectivity index (χ0v) is 11.3. The first kappa shape index (κ1) is 13.8. The summed E-state index contributed by atoms with van der Waals surface area (Å²) in [5.41, 5.74) is 1.33. The van der Waals surface area contributed by atoms with Crippen LogP contribution < -0.4 is 10.6 Å². The maximum absolute atomic E-state index is 12.0. The number of nitrogens with zero attached hydrogens (tertiary/aromatic N) is 1. The van der Waals surface area contributed by atoms with E-state index in [0.717, 1.165) is 18.1 Å². The molecule has 0 aromatic heterocycles. The molecule has 0 bridgehead atoms. The van der Waals surface area contributed by atoms with E-state index in [4.69, 9.17) is 0 Å². The lowest BCUT2D eigenvalue weighted by Crippen LogP contribution is -2.46. The van der Waals surface area contributed by atoms with Crippen LogP contribution in [0.2, 0.25) is 0 Å². The molecule has 0 aliphatic carbocycles. The van der Waals surface area contributed by atoms with Gasteiger partial charge in [0.2, 0.25) is 5.91 Å². The predicted octanol–water partition coefficient (Wildman–Crippen LogP) is 1.55. The van der Waals surface area contributed by atoms with E-state index in [-0.39, 0.29) is 17.6 Å². The molecule has 0 radical (unpaired) electrons. The van der Waals surface area contributed by atoms with Gasteiger partial charge in [-0.25, -0.2) is 0 Å². The Labute approximate surface area is 115 Å². The van der Waals surface area contributed by atoms with E-state index >= 15 is 0 Å². The molecule has 1 heterocycles. The van der Waals surface area contributed by atoms with Gasteiger partial charge in [0.05, 0.1) is 11.0 Å². The van der Waals surface area contributed by atoms with Gasteiger partial charge in [-0.15, -0.1) is 0 Å². The second-order valence-corrected chi connectivity index (χ2v) is 5.48. The molecule has 6 nitrogen and oxygen atoms in total. The molecule has 1 aliphatic heterocycles. The highest BCUT2D eigenvalue weighted by atomic mass is 32.2. The van der Waals surface area contributed by atoms with Crippen LogP contribution in [0.4, 0.5) is 11.4 Å². The highest BCUT2D eigenvalue weighted by Gasteiger charge is 2.21. The highest BCUT2D eigenvalue weighted by molar-refractivity contribution is 7.99. The number of amides is 1. The second kappa shape index (κ2) is 6.03. The maximum Gasteiger partial charge on any atom is 0.269 e. The zero-order chi connectivity index (χ0) is 13.8.